The van der Waals surface area contributed by atoms with Crippen LogP contribution in [0.1, 0.15) is 22.3 Å². The Kier molecular flexibility index (Phi) is 5.25. The predicted molar refractivity (Wildman–Crippen MR) is 116 cm³/mol. The molecule has 1 aliphatic heterocycles. The van der Waals surface area contributed by atoms with Crippen LogP contribution < -0.4 is 19.7 Å². The second kappa shape index (κ2) is 7.99. The summed E-state index contributed by atoms with van der Waals surface area (Å²) in [5.74, 6) is 3.25. The molecule has 3 aromatic rings. The smallest absolute Gasteiger partial charge is 0.161 e. The fraction of sp³-hybridized carbons (Fsp3) is 0.304. The molecule has 1 aromatic heterocycles. The van der Waals surface area contributed by atoms with E-state index in [4.69, 9.17) is 9.47 Å². The minimum absolute atomic E-state index is 0.758. The molecule has 0 saturated heterocycles. The van der Waals surface area contributed by atoms with Gasteiger partial charge in [0.25, 0.3) is 0 Å². The summed E-state index contributed by atoms with van der Waals surface area (Å²) in [6, 6.07) is 12.4. The van der Waals surface area contributed by atoms with Gasteiger partial charge in [-0.05, 0) is 54.7 Å². The quantitative estimate of drug-likeness (QED) is 0.696. The van der Waals surface area contributed by atoms with Crippen LogP contribution in [0.2, 0.25) is 0 Å². The molecule has 0 atom stereocenters. The van der Waals surface area contributed by atoms with Gasteiger partial charge < -0.3 is 19.7 Å². The number of nitrogens with one attached hydrogen (secondary N) is 1. The molecule has 1 N–H and O–H groups in total. The van der Waals surface area contributed by atoms with E-state index in [1.54, 1.807) is 20.5 Å². The fourth-order valence-corrected chi connectivity index (χ4v) is 3.81. The van der Waals surface area contributed by atoms with Crippen LogP contribution in [0.5, 0.6) is 11.5 Å². The van der Waals surface area contributed by atoms with E-state index in [-0.39, 0.29) is 0 Å². The largest absolute Gasteiger partial charge is 0.493 e. The Morgan fingerprint density at radius 3 is 2.31 bits per heavy atom. The van der Waals surface area contributed by atoms with Crippen molar-refractivity contribution in [2.75, 3.05) is 31.0 Å². The van der Waals surface area contributed by atoms with Crippen LogP contribution in [-0.2, 0) is 13.0 Å². The van der Waals surface area contributed by atoms with Gasteiger partial charge in [0.2, 0.25) is 0 Å². The van der Waals surface area contributed by atoms with Gasteiger partial charge >= 0.3 is 0 Å². The first kappa shape index (κ1) is 19.1. The second-order valence-electron chi connectivity index (χ2n) is 7.30. The molecular weight excluding hydrogens is 364 g/mol. The summed E-state index contributed by atoms with van der Waals surface area (Å²) in [6.07, 6.45) is 2.55. The highest BCUT2D eigenvalue weighted by Gasteiger charge is 2.21. The summed E-state index contributed by atoms with van der Waals surface area (Å²) in [7, 11) is 3.34. The van der Waals surface area contributed by atoms with Crippen LogP contribution in [0.3, 0.4) is 0 Å². The third kappa shape index (κ3) is 3.83. The zero-order chi connectivity index (χ0) is 20.4. The Balaban J connectivity index is 1.58. The first-order valence-electron chi connectivity index (χ1n) is 9.73. The van der Waals surface area contributed by atoms with E-state index in [0.717, 1.165) is 48.3 Å². The van der Waals surface area contributed by atoms with Gasteiger partial charge in [0, 0.05) is 24.8 Å². The van der Waals surface area contributed by atoms with Crippen molar-refractivity contribution in [3.8, 4) is 11.5 Å². The summed E-state index contributed by atoms with van der Waals surface area (Å²) < 4.78 is 10.9. The Hall–Kier alpha value is -3.28. The van der Waals surface area contributed by atoms with E-state index >= 15 is 0 Å². The molecule has 6 nitrogen and oxygen atoms in total. The van der Waals surface area contributed by atoms with Gasteiger partial charge in [0.05, 0.1) is 14.2 Å². The number of fused-ring (bicyclic) bond motifs is 1. The molecule has 0 bridgehead atoms. The molecule has 0 spiro atoms. The molecule has 0 unspecified atom stereocenters. The standard InChI is InChI=1S/C23H26N4O2/c1-15-6-5-7-16(2)23(15)26-21-12-22(25-14-24-21)27-9-8-17-10-19(28-3)20(29-4)11-18(17)13-27/h5-7,10-12,14H,8-9,13H2,1-4H3,(H,24,25,26). The number of methoxy groups -OCH3 is 2. The number of aromatic nitrogens is 2. The molecular formula is C23H26N4O2. The first-order valence-corrected chi connectivity index (χ1v) is 9.73. The lowest BCUT2D eigenvalue weighted by atomic mass is 9.99. The molecule has 150 valence electrons. The van der Waals surface area contributed by atoms with Gasteiger partial charge in [-0.15, -0.1) is 0 Å². The maximum absolute atomic E-state index is 5.47. The van der Waals surface area contributed by atoms with Crippen molar-refractivity contribution in [2.45, 2.75) is 26.8 Å². The number of rotatable bonds is 5. The van der Waals surface area contributed by atoms with Gasteiger partial charge in [0.15, 0.2) is 11.5 Å². The number of aryl methyl sites for hydroxylation is 2. The molecule has 4 rings (SSSR count). The molecule has 29 heavy (non-hydrogen) atoms. The lowest BCUT2D eigenvalue weighted by Gasteiger charge is -2.30. The molecule has 0 fully saturated rings. The summed E-state index contributed by atoms with van der Waals surface area (Å²) in [5.41, 5.74) is 6.01. The zero-order valence-electron chi connectivity index (χ0n) is 17.3. The van der Waals surface area contributed by atoms with Crippen LogP contribution in [0, 0.1) is 13.8 Å². The number of nitrogens with zero attached hydrogens (tertiary/aromatic N) is 3. The number of ether oxygens (including phenoxy) is 2. The van der Waals surface area contributed by atoms with Crippen molar-refractivity contribution in [2.24, 2.45) is 0 Å². The number of para-hydroxylation sites is 1. The molecule has 0 aliphatic carbocycles. The monoisotopic (exact) mass is 390 g/mol. The number of benzene rings is 2. The molecule has 0 amide bonds. The molecule has 0 radical (unpaired) electrons. The van der Waals surface area contributed by atoms with E-state index in [1.807, 2.05) is 6.07 Å². The Labute approximate surface area is 171 Å². The SMILES string of the molecule is COc1cc2c(cc1OC)CN(c1cc(Nc3c(C)cccc3C)ncn1)CC2. The summed E-state index contributed by atoms with van der Waals surface area (Å²) in [6.45, 7) is 5.86. The molecule has 1 aliphatic rings. The van der Waals surface area contributed by atoms with E-state index in [0.29, 0.717) is 0 Å². The number of hydrogen-bond acceptors (Lipinski definition) is 6. The van der Waals surface area contributed by atoms with Gasteiger partial charge in [-0.3, -0.25) is 0 Å². The lowest BCUT2D eigenvalue weighted by Crippen LogP contribution is -2.31. The van der Waals surface area contributed by atoms with Gasteiger partial charge in [-0.2, -0.15) is 0 Å². The molecule has 2 aromatic carbocycles. The average molecular weight is 390 g/mol. The Bertz CT molecular complexity index is 1020. The maximum Gasteiger partial charge on any atom is 0.161 e. The Morgan fingerprint density at radius 1 is 0.931 bits per heavy atom. The van der Waals surface area contributed by atoms with Crippen molar-refractivity contribution in [3.63, 3.8) is 0 Å². The fourth-order valence-electron chi connectivity index (χ4n) is 3.81. The molecule has 0 saturated carbocycles. The van der Waals surface area contributed by atoms with Crippen molar-refractivity contribution < 1.29 is 9.47 Å². The van der Waals surface area contributed by atoms with Crippen LogP contribution in [0.4, 0.5) is 17.3 Å². The van der Waals surface area contributed by atoms with Gasteiger partial charge in [0.1, 0.15) is 18.0 Å². The summed E-state index contributed by atoms with van der Waals surface area (Å²) in [4.78, 5) is 11.2. The Morgan fingerprint density at radius 2 is 1.62 bits per heavy atom. The van der Waals surface area contributed by atoms with E-state index in [9.17, 15) is 0 Å². The normalized spacial score (nSPS) is 13.0. The minimum Gasteiger partial charge on any atom is -0.493 e. The van der Waals surface area contributed by atoms with Crippen LogP contribution >= 0.6 is 0 Å². The predicted octanol–water partition coefficient (Wildman–Crippen LogP) is 4.42. The van der Waals surface area contributed by atoms with Crippen LogP contribution in [-0.4, -0.2) is 30.7 Å². The third-order valence-electron chi connectivity index (χ3n) is 5.43. The van der Waals surface area contributed by atoms with Crippen molar-refractivity contribution >= 4 is 17.3 Å². The van der Waals surface area contributed by atoms with Crippen LogP contribution in [0.15, 0.2) is 42.7 Å². The van der Waals surface area contributed by atoms with Crippen LogP contribution in [0.25, 0.3) is 0 Å². The topological polar surface area (TPSA) is 59.5 Å². The van der Waals surface area contributed by atoms with Crippen molar-refractivity contribution in [1.82, 2.24) is 9.97 Å². The lowest BCUT2D eigenvalue weighted by molar-refractivity contribution is 0.353. The molecule has 6 heteroatoms. The van der Waals surface area contributed by atoms with E-state index in [2.05, 4.69) is 64.4 Å². The average Bonchev–Trinajstić information content (AvgIpc) is 2.75. The second-order valence-corrected chi connectivity index (χ2v) is 7.30. The highest BCUT2D eigenvalue weighted by molar-refractivity contribution is 5.66. The summed E-state index contributed by atoms with van der Waals surface area (Å²) >= 11 is 0. The highest BCUT2D eigenvalue weighted by atomic mass is 16.5. The molecule has 2 heterocycles. The third-order valence-corrected chi connectivity index (χ3v) is 5.43. The maximum atomic E-state index is 5.47. The van der Waals surface area contributed by atoms with E-state index in [1.165, 1.54) is 22.3 Å². The number of hydrogen-bond donors (Lipinski definition) is 1. The minimum atomic E-state index is 0.758. The highest BCUT2D eigenvalue weighted by Crippen LogP contribution is 2.34. The van der Waals surface area contributed by atoms with Gasteiger partial charge in [-0.25, -0.2) is 9.97 Å². The zero-order valence-corrected chi connectivity index (χ0v) is 17.3. The van der Waals surface area contributed by atoms with Crippen molar-refractivity contribution in [3.05, 3.63) is 65.0 Å². The first-order chi connectivity index (χ1) is 14.1. The van der Waals surface area contributed by atoms with E-state index < -0.39 is 0 Å². The number of anilines is 3. The van der Waals surface area contributed by atoms with Crippen molar-refractivity contribution in [1.29, 1.82) is 0 Å². The van der Waals surface area contributed by atoms with Gasteiger partial charge in [-0.1, -0.05) is 18.2 Å². The summed E-state index contributed by atoms with van der Waals surface area (Å²) in [5, 5.41) is 3.46.